The van der Waals surface area contributed by atoms with Crippen molar-refractivity contribution in [2.75, 3.05) is 5.73 Å². The molecule has 1 aliphatic rings. The maximum absolute atomic E-state index is 11.7. The second-order valence-corrected chi connectivity index (χ2v) is 6.28. The van der Waals surface area contributed by atoms with Crippen LogP contribution in [0.15, 0.2) is 18.2 Å². The first-order chi connectivity index (χ1) is 9.50. The van der Waals surface area contributed by atoms with Gasteiger partial charge in [-0.05, 0) is 35.6 Å². The standard InChI is InChI=1S/C16H22ClNO2/c1-10(11-5-3-2-4-6-11)15(16(19)20)13-9-12(17)7-8-14(13)18/h7-11,15H,2-6,18H2,1H3,(H,19,20). The van der Waals surface area contributed by atoms with Gasteiger partial charge in [0.25, 0.3) is 0 Å². The number of nitrogens with two attached hydrogens (primary N) is 1. The Morgan fingerprint density at radius 1 is 1.35 bits per heavy atom. The van der Waals surface area contributed by atoms with E-state index in [0.717, 1.165) is 12.8 Å². The quantitative estimate of drug-likeness (QED) is 0.814. The minimum atomic E-state index is -0.808. The minimum absolute atomic E-state index is 0.0774. The molecule has 0 aliphatic heterocycles. The zero-order valence-electron chi connectivity index (χ0n) is 11.8. The molecule has 0 aromatic heterocycles. The second-order valence-electron chi connectivity index (χ2n) is 5.85. The third kappa shape index (κ3) is 3.26. The van der Waals surface area contributed by atoms with E-state index in [2.05, 4.69) is 0 Å². The fourth-order valence-electron chi connectivity index (χ4n) is 3.39. The molecule has 110 valence electrons. The number of hydrogen-bond donors (Lipinski definition) is 2. The van der Waals surface area contributed by atoms with E-state index in [4.69, 9.17) is 17.3 Å². The summed E-state index contributed by atoms with van der Waals surface area (Å²) >= 11 is 6.01. The predicted molar refractivity (Wildman–Crippen MR) is 82.0 cm³/mol. The number of carboxylic acid groups (broad SMARTS) is 1. The molecule has 4 heteroatoms. The SMILES string of the molecule is CC(C1CCCCC1)C(C(=O)O)c1cc(Cl)ccc1N. The van der Waals surface area contributed by atoms with E-state index >= 15 is 0 Å². The summed E-state index contributed by atoms with van der Waals surface area (Å²) < 4.78 is 0. The van der Waals surface area contributed by atoms with Gasteiger partial charge in [0.2, 0.25) is 0 Å². The number of anilines is 1. The molecule has 1 saturated carbocycles. The van der Waals surface area contributed by atoms with Crippen molar-refractivity contribution in [2.24, 2.45) is 11.8 Å². The van der Waals surface area contributed by atoms with E-state index < -0.39 is 11.9 Å². The molecule has 0 bridgehead atoms. The number of halogens is 1. The Balaban J connectivity index is 2.30. The van der Waals surface area contributed by atoms with Crippen LogP contribution in [0.4, 0.5) is 5.69 Å². The molecule has 1 aromatic rings. The summed E-state index contributed by atoms with van der Waals surface area (Å²) in [5.41, 5.74) is 7.15. The molecule has 0 heterocycles. The van der Waals surface area contributed by atoms with Crippen molar-refractivity contribution >= 4 is 23.3 Å². The highest BCUT2D eigenvalue weighted by Crippen LogP contribution is 2.40. The molecular formula is C16H22ClNO2. The normalized spacial score (nSPS) is 19.5. The largest absolute Gasteiger partial charge is 0.481 e. The summed E-state index contributed by atoms with van der Waals surface area (Å²) in [6.45, 7) is 2.04. The van der Waals surface area contributed by atoms with Crippen LogP contribution in [0.2, 0.25) is 5.02 Å². The first-order valence-electron chi connectivity index (χ1n) is 7.28. The Kier molecular flexibility index (Phi) is 4.92. The van der Waals surface area contributed by atoms with Crippen molar-refractivity contribution in [2.45, 2.75) is 44.9 Å². The van der Waals surface area contributed by atoms with Crippen LogP contribution in [0.3, 0.4) is 0 Å². The maximum Gasteiger partial charge on any atom is 0.311 e. The lowest BCUT2D eigenvalue weighted by molar-refractivity contribution is -0.140. The third-order valence-electron chi connectivity index (χ3n) is 4.57. The first kappa shape index (κ1) is 15.2. The topological polar surface area (TPSA) is 63.3 Å². The molecule has 3 N–H and O–H groups in total. The number of carboxylic acids is 1. The summed E-state index contributed by atoms with van der Waals surface area (Å²) in [7, 11) is 0. The molecule has 1 fully saturated rings. The van der Waals surface area contributed by atoms with Crippen LogP contribution in [0, 0.1) is 11.8 Å². The van der Waals surface area contributed by atoms with Gasteiger partial charge in [-0.1, -0.05) is 50.6 Å². The average molecular weight is 296 g/mol. The van der Waals surface area contributed by atoms with E-state index in [1.807, 2.05) is 6.92 Å². The highest BCUT2D eigenvalue weighted by molar-refractivity contribution is 6.30. The van der Waals surface area contributed by atoms with E-state index in [0.29, 0.717) is 22.2 Å². The smallest absolute Gasteiger partial charge is 0.311 e. The number of aliphatic carboxylic acids is 1. The lowest BCUT2D eigenvalue weighted by atomic mass is 9.72. The van der Waals surface area contributed by atoms with Crippen molar-refractivity contribution < 1.29 is 9.90 Å². The van der Waals surface area contributed by atoms with Gasteiger partial charge in [-0.25, -0.2) is 0 Å². The van der Waals surface area contributed by atoms with Gasteiger partial charge in [-0.15, -0.1) is 0 Å². The van der Waals surface area contributed by atoms with Gasteiger partial charge < -0.3 is 10.8 Å². The second kappa shape index (κ2) is 6.49. The van der Waals surface area contributed by atoms with Gasteiger partial charge in [-0.3, -0.25) is 4.79 Å². The van der Waals surface area contributed by atoms with Gasteiger partial charge in [0.15, 0.2) is 0 Å². The molecule has 1 aromatic carbocycles. The molecule has 1 aliphatic carbocycles. The first-order valence-corrected chi connectivity index (χ1v) is 7.66. The number of nitrogen functional groups attached to an aromatic ring is 1. The van der Waals surface area contributed by atoms with Gasteiger partial charge in [0.05, 0.1) is 5.92 Å². The molecule has 2 atom stereocenters. The van der Waals surface area contributed by atoms with Gasteiger partial charge in [-0.2, -0.15) is 0 Å². The van der Waals surface area contributed by atoms with Crippen LogP contribution >= 0.6 is 11.6 Å². The Labute approximate surface area is 125 Å². The molecule has 0 amide bonds. The van der Waals surface area contributed by atoms with E-state index in [-0.39, 0.29) is 5.92 Å². The fraction of sp³-hybridized carbons (Fsp3) is 0.562. The lowest BCUT2D eigenvalue weighted by Crippen LogP contribution is -2.27. The zero-order chi connectivity index (χ0) is 14.7. The van der Waals surface area contributed by atoms with Crippen LogP contribution in [0.1, 0.15) is 50.5 Å². The molecule has 20 heavy (non-hydrogen) atoms. The molecule has 0 radical (unpaired) electrons. The molecule has 0 spiro atoms. The molecule has 0 saturated heterocycles. The number of rotatable bonds is 4. The number of hydrogen-bond acceptors (Lipinski definition) is 2. The predicted octanol–water partition coefficient (Wildman–Crippen LogP) is 4.31. The number of benzene rings is 1. The summed E-state index contributed by atoms with van der Waals surface area (Å²) in [5, 5.41) is 10.2. The Morgan fingerprint density at radius 3 is 2.60 bits per heavy atom. The van der Waals surface area contributed by atoms with Crippen LogP contribution in [-0.4, -0.2) is 11.1 Å². The van der Waals surface area contributed by atoms with Crippen molar-refractivity contribution in [3.63, 3.8) is 0 Å². The molecular weight excluding hydrogens is 274 g/mol. The maximum atomic E-state index is 11.7. The van der Waals surface area contributed by atoms with Gasteiger partial charge in [0, 0.05) is 10.7 Å². The minimum Gasteiger partial charge on any atom is -0.481 e. The van der Waals surface area contributed by atoms with Gasteiger partial charge in [0.1, 0.15) is 0 Å². The van der Waals surface area contributed by atoms with E-state index in [1.54, 1.807) is 18.2 Å². The highest BCUT2D eigenvalue weighted by atomic mass is 35.5. The van der Waals surface area contributed by atoms with Crippen LogP contribution in [0.25, 0.3) is 0 Å². The highest BCUT2D eigenvalue weighted by Gasteiger charge is 2.34. The van der Waals surface area contributed by atoms with Crippen molar-refractivity contribution in [1.29, 1.82) is 0 Å². The van der Waals surface area contributed by atoms with E-state index in [9.17, 15) is 9.90 Å². The summed E-state index contributed by atoms with van der Waals surface area (Å²) in [4.78, 5) is 11.7. The summed E-state index contributed by atoms with van der Waals surface area (Å²) in [6.07, 6.45) is 5.90. The number of carbonyl (C=O) groups is 1. The fourth-order valence-corrected chi connectivity index (χ4v) is 3.57. The summed E-state index contributed by atoms with van der Waals surface area (Å²) in [6, 6.07) is 5.10. The van der Waals surface area contributed by atoms with Crippen molar-refractivity contribution in [1.82, 2.24) is 0 Å². The van der Waals surface area contributed by atoms with Gasteiger partial charge >= 0.3 is 5.97 Å². The molecule has 2 unspecified atom stereocenters. The van der Waals surface area contributed by atoms with Crippen molar-refractivity contribution in [3.05, 3.63) is 28.8 Å². The molecule has 3 nitrogen and oxygen atoms in total. The monoisotopic (exact) mass is 295 g/mol. The summed E-state index contributed by atoms with van der Waals surface area (Å²) in [5.74, 6) is -0.842. The van der Waals surface area contributed by atoms with E-state index in [1.165, 1.54) is 19.3 Å². The van der Waals surface area contributed by atoms with Crippen LogP contribution < -0.4 is 5.73 Å². The Bertz CT molecular complexity index is 483. The molecule has 2 rings (SSSR count). The average Bonchev–Trinajstić information content (AvgIpc) is 2.43. The lowest BCUT2D eigenvalue weighted by Gasteiger charge is -2.32. The van der Waals surface area contributed by atoms with Crippen LogP contribution in [0.5, 0.6) is 0 Å². The Hall–Kier alpha value is -1.22. The Morgan fingerprint density at radius 2 is 2.00 bits per heavy atom. The zero-order valence-corrected chi connectivity index (χ0v) is 12.6. The van der Waals surface area contributed by atoms with Crippen molar-refractivity contribution in [3.8, 4) is 0 Å². The van der Waals surface area contributed by atoms with Crippen LogP contribution in [-0.2, 0) is 4.79 Å². The third-order valence-corrected chi connectivity index (χ3v) is 4.80.